The molecule has 3 nitrogen and oxygen atoms in total. The molecule has 1 saturated carbocycles. The van der Waals surface area contributed by atoms with E-state index >= 15 is 0 Å². The Morgan fingerprint density at radius 2 is 2.00 bits per heavy atom. The number of ether oxygens (including phenoxy) is 1. The third kappa shape index (κ3) is 3.16. The van der Waals surface area contributed by atoms with E-state index in [1.54, 1.807) is 26.8 Å². The lowest BCUT2D eigenvalue weighted by Crippen LogP contribution is -2.24. The van der Waals surface area contributed by atoms with E-state index in [0.29, 0.717) is 11.5 Å². The zero-order valence-corrected chi connectivity index (χ0v) is 12.1. The Kier molecular flexibility index (Phi) is 3.68. The molecule has 1 fully saturated rings. The first-order valence-corrected chi connectivity index (χ1v) is 6.72. The Morgan fingerprint density at radius 3 is 2.47 bits per heavy atom. The fourth-order valence-corrected chi connectivity index (χ4v) is 2.26. The molecule has 0 aromatic heterocycles. The van der Waals surface area contributed by atoms with Crippen molar-refractivity contribution in [3.63, 3.8) is 0 Å². The van der Waals surface area contributed by atoms with Crippen LogP contribution in [-0.2, 0) is 4.74 Å². The molecule has 19 heavy (non-hydrogen) atoms. The van der Waals surface area contributed by atoms with Crippen molar-refractivity contribution in [1.29, 1.82) is 0 Å². The van der Waals surface area contributed by atoms with E-state index < -0.39 is 11.6 Å². The highest BCUT2D eigenvalue weighted by Crippen LogP contribution is 2.43. The molecule has 0 heterocycles. The van der Waals surface area contributed by atoms with E-state index in [1.807, 2.05) is 6.07 Å². The predicted octanol–water partition coefficient (Wildman–Crippen LogP) is 3.99. The fraction of sp³-hybridized carbons (Fsp3) is 0.467. The van der Waals surface area contributed by atoms with E-state index in [1.165, 1.54) is 0 Å². The average molecular weight is 281 g/mol. The molecule has 1 aromatic carbocycles. The van der Waals surface area contributed by atoms with Gasteiger partial charge >= 0.3 is 5.97 Å². The van der Waals surface area contributed by atoms with Crippen LogP contribution < -0.4 is 0 Å². The first-order valence-electron chi connectivity index (χ1n) is 6.34. The zero-order chi connectivity index (χ0) is 14.2. The molecule has 1 aliphatic carbocycles. The summed E-state index contributed by atoms with van der Waals surface area (Å²) in [6, 6.07) is 3.46. The average Bonchev–Trinajstić information content (AvgIpc) is 3.09. The Labute approximate surface area is 117 Å². The molecular weight excluding hydrogens is 264 g/mol. The highest BCUT2D eigenvalue weighted by atomic mass is 35.5. The second-order valence-corrected chi connectivity index (χ2v) is 6.20. The van der Waals surface area contributed by atoms with Crippen LogP contribution >= 0.6 is 11.6 Å². The molecule has 0 amide bonds. The summed E-state index contributed by atoms with van der Waals surface area (Å²) < 4.78 is 5.28. The van der Waals surface area contributed by atoms with Gasteiger partial charge in [-0.05, 0) is 51.2 Å². The summed E-state index contributed by atoms with van der Waals surface area (Å²) in [6.07, 6.45) is 2.87. The molecule has 102 valence electrons. The predicted molar refractivity (Wildman–Crippen MR) is 74.0 cm³/mol. The van der Waals surface area contributed by atoms with Crippen molar-refractivity contribution >= 4 is 23.9 Å². The Morgan fingerprint density at radius 1 is 1.37 bits per heavy atom. The molecule has 0 saturated heterocycles. The maximum atomic E-state index is 12.0. The van der Waals surface area contributed by atoms with E-state index in [2.05, 4.69) is 0 Å². The number of hydrogen-bond donors (Lipinski definition) is 0. The molecular formula is C15H17ClO3. The van der Waals surface area contributed by atoms with Crippen LogP contribution in [0.3, 0.4) is 0 Å². The number of hydrogen-bond acceptors (Lipinski definition) is 3. The lowest BCUT2D eigenvalue weighted by atomic mass is 10.0. The molecule has 0 radical (unpaired) electrons. The fourth-order valence-electron chi connectivity index (χ4n) is 1.97. The summed E-state index contributed by atoms with van der Waals surface area (Å²) in [5.41, 5.74) is 1.03. The Balaban J connectivity index is 2.37. The van der Waals surface area contributed by atoms with Crippen LogP contribution in [0, 0.1) is 0 Å². The van der Waals surface area contributed by atoms with Gasteiger partial charge < -0.3 is 4.74 Å². The molecule has 0 aliphatic heterocycles. The molecule has 1 aliphatic rings. The smallest absolute Gasteiger partial charge is 0.340 e. The van der Waals surface area contributed by atoms with Crippen LogP contribution in [0.5, 0.6) is 0 Å². The SMILES string of the molecule is CC(C)(C)OC(=O)c1ccc(C2CC2)c(C=O)c1Cl. The zero-order valence-electron chi connectivity index (χ0n) is 11.3. The standard InChI is InChI=1S/C15H17ClO3/c1-15(2,3)19-14(18)11-7-6-10(9-4-5-9)12(8-17)13(11)16/h6-9H,4-5H2,1-3H3. The normalized spacial score (nSPS) is 15.2. The molecule has 0 bridgehead atoms. The Hall–Kier alpha value is -1.35. The number of halogens is 1. The van der Waals surface area contributed by atoms with Crippen molar-refractivity contribution in [3.05, 3.63) is 33.8 Å². The molecule has 0 N–H and O–H groups in total. The van der Waals surface area contributed by atoms with Crippen LogP contribution in [0.4, 0.5) is 0 Å². The van der Waals surface area contributed by atoms with Crippen molar-refractivity contribution in [2.24, 2.45) is 0 Å². The number of aldehydes is 1. The van der Waals surface area contributed by atoms with Crippen LogP contribution in [-0.4, -0.2) is 17.9 Å². The summed E-state index contributed by atoms with van der Waals surface area (Å²) >= 11 is 6.18. The lowest BCUT2D eigenvalue weighted by molar-refractivity contribution is 0.00697. The topological polar surface area (TPSA) is 43.4 Å². The van der Waals surface area contributed by atoms with E-state index in [9.17, 15) is 9.59 Å². The van der Waals surface area contributed by atoms with Gasteiger partial charge in [0, 0.05) is 5.56 Å². The molecule has 1 aromatic rings. The summed E-state index contributed by atoms with van der Waals surface area (Å²) in [7, 11) is 0. The van der Waals surface area contributed by atoms with Gasteiger partial charge in [-0.25, -0.2) is 4.79 Å². The third-order valence-electron chi connectivity index (χ3n) is 2.97. The molecule has 0 atom stereocenters. The van der Waals surface area contributed by atoms with Gasteiger partial charge in [0.2, 0.25) is 0 Å². The minimum absolute atomic E-state index is 0.202. The maximum absolute atomic E-state index is 12.0. The largest absolute Gasteiger partial charge is 0.456 e. The second kappa shape index (κ2) is 4.97. The maximum Gasteiger partial charge on any atom is 0.340 e. The van der Waals surface area contributed by atoms with Crippen molar-refractivity contribution in [3.8, 4) is 0 Å². The van der Waals surface area contributed by atoms with Gasteiger partial charge in [-0.15, -0.1) is 0 Å². The number of benzene rings is 1. The van der Waals surface area contributed by atoms with Gasteiger partial charge in [-0.1, -0.05) is 17.7 Å². The summed E-state index contributed by atoms with van der Waals surface area (Å²) in [4.78, 5) is 23.2. The first-order chi connectivity index (χ1) is 8.83. The van der Waals surface area contributed by atoms with Gasteiger partial charge in [-0.2, -0.15) is 0 Å². The monoisotopic (exact) mass is 280 g/mol. The lowest BCUT2D eigenvalue weighted by Gasteiger charge is -2.20. The van der Waals surface area contributed by atoms with Crippen molar-refractivity contribution in [2.45, 2.75) is 45.1 Å². The van der Waals surface area contributed by atoms with Gasteiger partial charge in [0.25, 0.3) is 0 Å². The molecule has 0 spiro atoms. The molecule has 4 heteroatoms. The van der Waals surface area contributed by atoms with Crippen molar-refractivity contribution in [1.82, 2.24) is 0 Å². The first kappa shape index (κ1) is 14.1. The molecule has 2 rings (SSSR count). The highest BCUT2D eigenvalue weighted by molar-refractivity contribution is 6.36. The van der Waals surface area contributed by atoms with Gasteiger partial charge in [-0.3, -0.25) is 4.79 Å². The Bertz CT molecular complexity index is 525. The van der Waals surface area contributed by atoms with Crippen molar-refractivity contribution < 1.29 is 14.3 Å². The van der Waals surface area contributed by atoms with Crippen LogP contribution in [0.2, 0.25) is 5.02 Å². The third-order valence-corrected chi connectivity index (χ3v) is 3.37. The van der Waals surface area contributed by atoms with Gasteiger partial charge in [0.1, 0.15) is 5.60 Å². The van der Waals surface area contributed by atoms with E-state index in [-0.39, 0.29) is 10.6 Å². The second-order valence-electron chi connectivity index (χ2n) is 5.82. The number of rotatable bonds is 3. The van der Waals surface area contributed by atoms with Crippen LogP contribution in [0.15, 0.2) is 12.1 Å². The molecule has 0 unspecified atom stereocenters. The van der Waals surface area contributed by atoms with Crippen LogP contribution in [0.25, 0.3) is 0 Å². The van der Waals surface area contributed by atoms with E-state index in [4.69, 9.17) is 16.3 Å². The minimum atomic E-state index is -0.586. The summed E-state index contributed by atoms with van der Waals surface area (Å²) in [6.45, 7) is 5.37. The van der Waals surface area contributed by atoms with Gasteiger partial charge in [0.05, 0.1) is 10.6 Å². The minimum Gasteiger partial charge on any atom is -0.456 e. The van der Waals surface area contributed by atoms with E-state index in [0.717, 1.165) is 24.7 Å². The van der Waals surface area contributed by atoms with Crippen LogP contribution in [0.1, 0.15) is 65.8 Å². The number of carbonyl (C=O) groups excluding carboxylic acids is 2. The highest BCUT2D eigenvalue weighted by Gasteiger charge is 2.29. The van der Waals surface area contributed by atoms with Gasteiger partial charge in [0.15, 0.2) is 6.29 Å². The number of carbonyl (C=O) groups is 2. The number of esters is 1. The quantitative estimate of drug-likeness (QED) is 0.621. The van der Waals surface area contributed by atoms with Crippen molar-refractivity contribution in [2.75, 3.05) is 0 Å². The summed E-state index contributed by atoms with van der Waals surface area (Å²) in [5.74, 6) is -0.0895. The summed E-state index contributed by atoms with van der Waals surface area (Å²) in [5, 5.41) is 0.202.